The fourth-order valence-electron chi connectivity index (χ4n) is 2.94. The van der Waals surface area contributed by atoms with Gasteiger partial charge < -0.3 is 0 Å². The van der Waals surface area contributed by atoms with Crippen LogP contribution in [-0.4, -0.2) is 13.6 Å². The summed E-state index contributed by atoms with van der Waals surface area (Å²) >= 11 is 0. The van der Waals surface area contributed by atoms with Crippen molar-refractivity contribution in [3.8, 4) is 11.1 Å². The Bertz CT molecular complexity index is 658. The van der Waals surface area contributed by atoms with Gasteiger partial charge in [0.1, 0.15) is 7.85 Å². The summed E-state index contributed by atoms with van der Waals surface area (Å²) in [5.74, 6) is 0.149. The number of hydrogen-bond donors (Lipinski definition) is 0. The third kappa shape index (κ3) is 2.23. The molecule has 0 aliphatic heterocycles. The molecule has 1 nitrogen and oxygen atoms in total. The summed E-state index contributed by atoms with van der Waals surface area (Å²) in [5.41, 5.74) is 7.55. The van der Waals surface area contributed by atoms with Crippen molar-refractivity contribution in [2.45, 2.75) is 26.2 Å². The van der Waals surface area contributed by atoms with Gasteiger partial charge in [0, 0.05) is 5.56 Å². The Morgan fingerprint density at radius 3 is 2.32 bits per heavy atom. The van der Waals surface area contributed by atoms with Crippen molar-refractivity contribution in [3.63, 3.8) is 0 Å². The van der Waals surface area contributed by atoms with Crippen LogP contribution < -0.4 is 5.46 Å². The van der Waals surface area contributed by atoms with Gasteiger partial charge in [0.2, 0.25) is 0 Å². The van der Waals surface area contributed by atoms with Crippen molar-refractivity contribution < 1.29 is 4.79 Å². The summed E-state index contributed by atoms with van der Waals surface area (Å²) < 4.78 is 0. The quantitative estimate of drug-likeness (QED) is 0.559. The highest BCUT2D eigenvalue weighted by Gasteiger charge is 2.15. The maximum atomic E-state index is 11.5. The molecule has 0 radical (unpaired) electrons. The molecule has 0 amide bonds. The number of ketones is 1. The molecule has 0 saturated carbocycles. The van der Waals surface area contributed by atoms with Crippen LogP contribution in [0.3, 0.4) is 0 Å². The van der Waals surface area contributed by atoms with Crippen LogP contribution in [0.25, 0.3) is 11.1 Å². The van der Waals surface area contributed by atoms with E-state index in [9.17, 15) is 4.79 Å². The van der Waals surface area contributed by atoms with Crippen LogP contribution in [0.1, 0.15) is 34.8 Å². The van der Waals surface area contributed by atoms with E-state index in [0.29, 0.717) is 0 Å². The number of aryl methyl sites for hydroxylation is 2. The van der Waals surface area contributed by atoms with Gasteiger partial charge in [-0.05, 0) is 54.5 Å². The first kappa shape index (κ1) is 12.2. The number of carbonyl (C=O) groups is 1. The molecular formula is C17H17BO. The smallest absolute Gasteiger partial charge is 0.159 e. The average molecular weight is 248 g/mol. The number of hydrogen-bond acceptors (Lipinski definition) is 1. The van der Waals surface area contributed by atoms with E-state index in [4.69, 9.17) is 0 Å². The van der Waals surface area contributed by atoms with E-state index in [1.807, 2.05) is 6.07 Å². The highest BCUT2D eigenvalue weighted by molar-refractivity contribution is 6.32. The van der Waals surface area contributed by atoms with E-state index < -0.39 is 0 Å². The lowest BCUT2D eigenvalue weighted by atomic mass is 9.88. The van der Waals surface area contributed by atoms with Gasteiger partial charge in [-0.1, -0.05) is 35.8 Å². The molecule has 0 unspecified atom stereocenters. The fourth-order valence-corrected chi connectivity index (χ4v) is 2.94. The van der Waals surface area contributed by atoms with Gasteiger partial charge in [-0.25, -0.2) is 0 Å². The molecule has 0 fully saturated rings. The zero-order valence-corrected chi connectivity index (χ0v) is 11.5. The molecule has 94 valence electrons. The van der Waals surface area contributed by atoms with Gasteiger partial charge in [-0.3, -0.25) is 4.79 Å². The zero-order chi connectivity index (χ0) is 13.4. The van der Waals surface area contributed by atoms with Crippen molar-refractivity contribution in [1.82, 2.24) is 0 Å². The van der Waals surface area contributed by atoms with Crippen molar-refractivity contribution in [2.75, 3.05) is 0 Å². The molecule has 2 aromatic carbocycles. The van der Waals surface area contributed by atoms with Gasteiger partial charge >= 0.3 is 0 Å². The summed E-state index contributed by atoms with van der Waals surface area (Å²) in [6.45, 7) is 1.63. The van der Waals surface area contributed by atoms with Gasteiger partial charge in [-0.2, -0.15) is 0 Å². The molecule has 0 saturated heterocycles. The minimum atomic E-state index is 0.149. The lowest BCUT2D eigenvalue weighted by Crippen LogP contribution is -2.04. The topological polar surface area (TPSA) is 17.1 Å². The lowest BCUT2D eigenvalue weighted by Gasteiger charge is -2.11. The Hall–Kier alpha value is -1.83. The fraction of sp³-hybridized carbons (Fsp3) is 0.235. The van der Waals surface area contributed by atoms with E-state index >= 15 is 0 Å². The van der Waals surface area contributed by atoms with Crippen LogP contribution >= 0.6 is 0 Å². The molecule has 0 atom stereocenters. The van der Waals surface area contributed by atoms with Crippen LogP contribution in [-0.2, 0) is 12.8 Å². The van der Waals surface area contributed by atoms with Gasteiger partial charge in [-0.15, -0.1) is 0 Å². The SMILES string of the molecule is Bc1ccc2c(c1)CCCc1cc(C(C)=O)ccc1-2. The Morgan fingerprint density at radius 2 is 1.63 bits per heavy atom. The van der Waals surface area contributed by atoms with Crippen LogP contribution in [0, 0.1) is 0 Å². The van der Waals surface area contributed by atoms with E-state index in [1.165, 1.54) is 27.7 Å². The molecule has 19 heavy (non-hydrogen) atoms. The summed E-state index contributed by atoms with van der Waals surface area (Å²) in [7, 11) is 2.14. The zero-order valence-electron chi connectivity index (χ0n) is 11.5. The minimum Gasteiger partial charge on any atom is -0.295 e. The summed E-state index contributed by atoms with van der Waals surface area (Å²) in [5, 5.41) is 0. The third-order valence-corrected chi connectivity index (χ3v) is 3.95. The molecule has 0 N–H and O–H groups in total. The van der Waals surface area contributed by atoms with E-state index in [2.05, 4.69) is 38.2 Å². The number of rotatable bonds is 1. The Labute approximate surface area is 115 Å². The summed E-state index contributed by atoms with van der Waals surface area (Å²) in [6, 6.07) is 12.8. The third-order valence-electron chi connectivity index (χ3n) is 3.95. The molecule has 2 heteroatoms. The highest BCUT2D eigenvalue weighted by Crippen LogP contribution is 2.32. The maximum Gasteiger partial charge on any atom is 0.159 e. The van der Waals surface area contributed by atoms with Gasteiger partial charge in [0.25, 0.3) is 0 Å². The van der Waals surface area contributed by atoms with Crippen LogP contribution in [0.4, 0.5) is 0 Å². The first-order chi connectivity index (χ1) is 9.15. The van der Waals surface area contributed by atoms with Crippen molar-refractivity contribution in [1.29, 1.82) is 0 Å². The van der Waals surface area contributed by atoms with Crippen LogP contribution in [0.2, 0.25) is 0 Å². The standard InChI is InChI=1S/C17H17BO/c1-11(19)12-5-7-16-13(9-12)3-2-4-14-10-15(18)6-8-17(14)16/h5-10H,2-4,18H2,1H3. The summed E-state index contributed by atoms with van der Waals surface area (Å²) in [6.07, 6.45) is 3.34. The largest absolute Gasteiger partial charge is 0.295 e. The van der Waals surface area contributed by atoms with E-state index in [-0.39, 0.29) is 5.78 Å². The predicted octanol–water partition coefficient (Wildman–Crippen LogP) is 2.30. The normalized spacial score (nSPS) is 13.3. The Morgan fingerprint density at radius 1 is 1.00 bits per heavy atom. The van der Waals surface area contributed by atoms with Gasteiger partial charge in [0.15, 0.2) is 5.78 Å². The highest BCUT2D eigenvalue weighted by atomic mass is 16.1. The summed E-state index contributed by atoms with van der Waals surface area (Å²) in [4.78, 5) is 11.5. The molecule has 0 heterocycles. The number of Topliss-reactive ketones (excluding diaryl/α,β-unsaturated/α-hetero) is 1. The molecule has 0 bridgehead atoms. The second kappa shape index (κ2) is 4.69. The second-order valence-electron chi connectivity index (χ2n) is 5.44. The molecule has 0 spiro atoms. The lowest BCUT2D eigenvalue weighted by molar-refractivity contribution is 0.101. The molecule has 2 aromatic rings. The van der Waals surface area contributed by atoms with Gasteiger partial charge in [0.05, 0.1) is 0 Å². The van der Waals surface area contributed by atoms with Crippen LogP contribution in [0.15, 0.2) is 36.4 Å². The number of benzene rings is 2. The first-order valence-electron chi connectivity index (χ1n) is 6.89. The van der Waals surface area contributed by atoms with Crippen molar-refractivity contribution in [2.24, 2.45) is 0 Å². The maximum absolute atomic E-state index is 11.5. The minimum absolute atomic E-state index is 0.149. The Balaban J connectivity index is 2.18. The molecule has 1 aliphatic rings. The first-order valence-corrected chi connectivity index (χ1v) is 6.89. The number of carbonyl (C=O) groups excluding carboxylic acids is 1. The predicted molar refractivity (Wildman–Crippen MR) is 82.1 cm³/mol. The molecule has 3 rings (SSSR count). The number of fused-ring (bicyclic) bond motifs is 3. The Kier molecular flexibility index (Phi) is 3.02. The molecule has 1 aliphatic carbocycles. The average Bonchev–Trinajstić information content (AvgIpc) is 2.56. The second-order valence-corrected chi connectivity index (χ2v) is 5.44. The van der Waals surface area contributed by atoms with Crippen LogP contribution in [0.5, 0.6) is 0 Å². The van der Waals surface area contributed by atoms with E-state index in [1.54, 1.807) is 6.92 Å². The molecule has 0 aromatic heterocycles. The van der Waals surface area contributed by atoms with Crippen molar-refractivity contribution >= 4 is 19.1 Å². The van der Waals surface area contributed by atoms with Crippen molar-refractivity contribution in [3.05, 3.63) is 53.1 Å². The van der Waals surface area contributed by atoms with E-state index in [0.717, 1.165) is 24.8 Å². The molecular weight excluding hydrogens is 231 g/mol. The monoisotopic (exact) mass is 248 g/mol.